The van der Waals surface area contributed by atoms with Crippen molar-refractivity contribution in [1.29, 1.82) is 0 Å². The van der Waals surface area contributed by atoms with Gasteiger partial charge < -0.3 is 10.6 Å². The van der Waals surface area contributed by atoms with Crippen molar-refractivity contribution in [2.45, 2.75) is 16.1 Å². The summed E-state index contributed by atoms with van der Waals surface area (Å²) in [6.45, 7) is 0. The van der Waals surface area contributed by atoms with Crippen molar-refractivity contribution < 1.29 is 9.59 Å². The number of benzene rings is 2. The first kappa shape index (κ1) is 12.5. The summed E-state index contributed by atoms with van der Waals surface area (Å²) in [5.74, 6) is -0.668. The van der Waals surface area contributed by atoms with Crippen molar-refractivity contribution in [3.8, 4) is 0 Å². The Hall–Kier alpha value is -2.27. The number of carbonyl (C=O) groups excluding carboxylic acids is 2. The summed E-state index contributed by atoms with van der Waals surface area (Å²) in [5.41, 5.74) is 2.52. The van der Waals surface area contributed by atoms with Crippen molar-refractivity contribution in [2.75, 3.05) is 10.6 Å². The van der Waals surface area contributed by atoms with E-state index in [1.165, 1.54) is 11.8 Å². The predicted molar refractivity (Wildman–Crippen MR) is 82.5 cm³/mol. The highest BCUT2D eigenvalue weighted by Gasteiger charge is 2.42. The molecule has 2 aliphatic rings. The molecule has 2 heterocycles. The maximum atomic E-state index is 12.4. The molecule has 2 aliphatic heterocycles. The van der Waals surface area contributed by atoms with Crippen LogP contribution in [0.1, 0.15) is 11.5 Å². The van der Waals surface area contributed by atoms with Crippen molar-refractivity contribution in [2.24, 2.45) is 0 Å². The third-order valence-electron chi connectivity index (χ3n) is 3.80. The van der Waals surface area contributed by atoms with Crippen LogP contribution in [0.2, 0.25) is 0 Å². The van der Waals surface area contributed by atoms with Gasteiger partial charge in [-0.3, -0.25) is 9.59 Å². The van der Waals surface area contributed by atoms with E-state index < -0.39 is 11.2 Å². The number of para-hydroxylation sites is 2. The fourth-order valence-electron chi connectivity index (χ4n) is 2.82. The summed E-state index contributed by atoms with van der Waals surface area (Å²) in [7, 11) is 0. The first-order valence-corrected chi connectivity index (χ1v) is 7.58. The molecule has 0 saturated carbocycles. The largest absolute Gasteiger partial charge is 0.325 e. The molecule has 2 aromatic rings. The molecule has 0 spiro atoms. The highest BCUT2D eigenvalue weighted by molar-refractivity contribution is 8.01. The molecular formula is C16H12N2O2S. The zero-order chi connectivity index (χ0) is 14.4. The molecule has 0 fully saturated rings. The Morgan fingerprint density at radius 2 is 1.48 bits per heavy atom. The van der Waals surface area contributed by atoms with E-state index in [0.29, 0.717) is 0 Å². The maximum Gasteiger partial charge on any atom is 0.239 e. The van der Waals surface area contributed by atoms with Crippen molar-refractivity contribution >= 4 is 35.0 Å². The van der Waals surface area contributed by atoms with Gasteiger partial charge in [0.1, 0.15) is 5.25 Å². The minimum Gasteiger partial charge on any atom is -0.325 e. The molecule has 0 bridgehead atoms. The summed E-state index contributed by atoms with van der Waals surface area (Å²) >= 11 is 1.46. The van der Waals surface area contributed by atoms with Gasteiger partial charge >= 0.3 is 0 Å². The molecule has 4 nitrogen and oxygen atoms in total. The minimum atomic E-state index is -0.445. The van der Waals surface area contributed by atoms with Crippen molar-refractivity contribution in [3.05, 3.63) is 54.1 Å². The highest BCUT2D eigenvalue weighted by atomic mass is 32.2. The van der Waals surface area contributed by atoms with Crippen LogP contribution in [0.4, 0.5) is 11.4 Å². The summed E-state index contributed by atoms with van der Waals surface area (Å²) in [6.07, 6.45) is 0. The molecule has 2 N–H and O–H groups in total. The van der Waals surface area contributed by atoms with Gasteiger partial charge in [0.2, 0.25) is 11.8 Å². The van der Waals surface area contributed by atoms with Crippen LogP contribution in [0.5, 0.6) is 0 Å². The van der Waals surface area contributed by atoms with Gasteiger partial charge in [0.05, 0.1) is 11.6 Å². The van der Waals surface area contributed by atoms with E-state index in [1.54, 1.807) is 0 Å². The quantitative estimate of drug-likeness (QED) is 0.850. The van der Waals surface area contributed by atoms with E-state index in [9.17, 15) is 9.59 Å². The monoisotopic (exact) mass is 296 g/mol. The van der Waals surface area contributed by atoms with Crippen molar-refractivity contribution in [1.82, 2.24) is 0 Å². The van der Waals surface area contributed by atoms with Gasteiger partial charge in [-0.05, 0) is 23.8 Å². The lowest BCUT2D eigenvalue weighted by molar-refractivity contribution is -0.121. The van der Waals surface area contributed by atoms with Gasteiger partial charge in [0.25, 0.3) is 0 Å². The molecule has 2 aromatic carbocycles. The smallest absolute Gasteiger partial charge is 0.239 e. The molecule has 0 unspecified atom stereocenters. The second-order valence-corrected chi connectivity index (χ2v) is 6.26. The molecule has 4 rings (SSSR count). The number of thioether (sulfide) groups is 1. The van der Waals surface area contributed by atoms with E-state index >= 15 is 0 Å². The SMILES string of the molecule is O=C1Nc2ccccc2S[C@H]1[C@H]1C(=O)Nc2ccccc21. The lowest BCUT2D eigenvalue weighted by Gasteiger charge is -2.27. The zero-order valence-electron chi connectivity index (χ0n) is 11.0. The van der Waals surface area contributed by atoms with Crippen LogP contribution in [-0.4, -0.2) is 17.1 Å². The predicted octanol–water partition coefficient (Wildman–Crippen LogP) is 2.84. The van der Waals surface area contributed by atoms with E-state index in [-0.39, 0.29) is 11.8 Å². The van der Waals surface area contributed by atoms with Crippen LogP contribution in [0.25, 0.3) is 0 Å². The van der Waals surface area contributed by atoms with Gasteiger partial charge in [0, 0.05) is 10.6 Å². The van der Waals surface area contributed by atoms with Crippen molar-refractivity contribution in [3.63, 3.8) is 0 Å². The van der Waals surface area contributed by atoms with Gasteiger partial charge in [-0.2, -0.15) is 0 Å². The fraction of sp³-hybridized carbons (Fsp3) is 0.125. The van der Waals surface area contributed by atoms with E-state index in [4.69, 9.17) is 0 Å². The summed E-state index contributed by atoms with van der Waals surface area (Å²) in [4.78, 5) is 25.7. The van der Waals surface area contributed by atoms with E-state index in [1.807, 2.05) is 48.5 Å². The molecule has 0 saturated heterocycles. The van der Waals surface area contributed by atoms with Crippen LogP contribution >= 0.6 is 11.8 Å². The lowest BCUT2D eigenvalue weighted by atomic mass is 9.96. The minimum absolute atomic E-state index is 0.108. The Bertz CT molecular complexity index is 759. The Morgan fingerprint density at radius 1 is 0.810 bits per heavy atom. The number of rotatable bonds is 1. The number of fused-ring (bicyclic) bond motifs is 2. The van der Waals surface area contributed by atoms with Crippen LogP contribution in [-0.2, 0) is 9.59 Å². The first-order chi connectivity index (χ1) is 10.2. The number of anilines is 2. The second kappa shape index (κ2) is 4.63. The third-order valence-corrected chi connectivity index (χ3v) is 5.15. The maximum absolute atomic E-state index is 12.4. The molecule has 0 aliphatic carbocycles. The standard InChI is InChI=1S/C16H12N2O2S/c19-15-13(9-5-1-2-6-10(9)17-15)14-16(20)18-11-7-3-4-8-12(11)21-14/h1-8,13-14H,(H,17,19)(H,18,20)/t13-,14-/m0/s1. The lowest BCUT2D eigenvalue weighted by Crippen LogP contribution is -2.36. The first-order valence-electron chi connectivity index (χ1n) is 6.70. The Labute approximate surface area is 125 Å². The Balaban J connectivity index is 1.75. The van der Waals surface area contributed by atoms with Gasteiger partial charge in [0.15, 0.2) is 0 Å². The number of amides is 2. The Kier molecular flexibility index (Phi) is 2.75. The molecule has 2 atom stereocenters. The highest BCUT2D eigenvalue weighted by Crippen LogP contribution is 2.45. The average molecular weight is 296 g/mol. The molecule has 5 heteroatoms. The summed E-state index contributed by atoms with van der Waals surface area (Å²) in [5, 5.41) is 5.31. The van der Waals surface area contributed by atoms with Crippen LogP contribution in [0.15, 0.2) is 53.4 Å². The molecule has 0 radical (unpaired) electrons. The van der Waals surface area contributed by atoms with Gasteiger partial charge in [-0.15, -0.1) is 11.8 Å². The van der Waals surface area contributed by atoms with Crippen LogP contribution in [0.3, 0.4) is 0 Å². The average Bonchev–Trinajstić information content (AvgIpc) is 2.82. The summed E-state index contributed by atoms with van der Waals surface area (Å²) < 4.78 is 0. The number of hydrogen-bond acceptors (Lipinski definition) is 3. The van der Waals surface area contributed by atoms with E-state index in [2.05, 4.69) is 10.6 Å². The molecule has 2 amide bonds. The molecule has 21 heavy (non-hydrogen) atoms. The van der Waals surface area contributed by atoms with Gasteiger partial charge in [-0.1, -0.05) is 30.3 Å². The van der Waals surface area contributed by atoms with Crippen LogP contribution in [0, 0.1) is 0 Å². The Morgan fingerprint density at radius 3 is 2.33 bits per heavy atom. The number of carbonyl (C=O) groups is 2. The second-order valence-electron chi connectivity index (χ2n) is 5.08. The topological polar surface area (TPSA) is 58.2 Å². The van der Waals surface area contributed by atoms with Gasteiger partial charge in [-0.25, -0.2) is 0 Å². The number of nitrogens with one attached hydrogen (secondary N) is 2. The number of hydrogen-bond donors (Lipinski definition) is 2. The molecule has 0 aromatic heterocycles. The third kappa shape index (κ3) is 1.93. The molecule has 104 valence electrons. The van der Waals surface area contributed by atoms with Crippen LogP contribution < -0.4 is 10.6 Å². The fourth-order valence-corrected chi connectivity index (χ4v) is 4.07. The molecular weight excluding hydrogens is 284 g/mol. The van der Waals surface area contributed by atoms with E-state index in [0.717, 1.165) is 21.8 Å². The zero-order valence-corrected chi connectivity index (χ0v) is 11.8. The summed E-state index contributed by atoms with van der Waals surface area (Å²) in [6, 6.07) is 15.2. The normalized spacial score (nSPS) is 23.0.